The number of hydrogen-bond acceptors (Lipinski definition) is 8. The summed E-state index contributed by atoms with van der Waals surface area (Å²) in [4.78, 5) is 27.5. The summed E-state index contributed by atoms with van der Waals surface area (Å²) in [6.45, 7) is 12.1. The lowest BCUT2D eigenvalue weighted by Crippen LogP contribution is -2.26. The van der Waals surface area contributed by atoms with E-state index in [1.54, 1.807) is 20.8 Å². The Morgan fingerprint density at radius 2 is 1.34 bits per heavy atom. The van der Waals surface area contributed by atoms with Crippen molar-refractivity contribution in [3.8, 4) is 0 Å². The topological polar surface area (TPSA) is 106 Å². The molecule has 0 radical (unpaired) electrons. The van der Waals surface area contributed by atoms with Crippen LogP contribution in [0.1, 0.15) is 59.9 Å². The first-order valence-corrected chi connectivity index (χ1v) is 9.62. The van der Waals surface area contributed by atoms with Gasteiger partial charge in [0.25, 0.3) is 0 Å². The molecule has 0 spiro atoms. The van der Waals surface area contributed by atoms with E-state index in [2.05, 4.69) is 5.48 Å². The van der Waals surface area contributed by atoms with Gasteiger partial charge >= 0.3 is 11.9 Å². The summed E-state index contributed by atoms with van der Waals surface area (Å²) in [5.74, 6) is -0.530. The summed E-state index contributed by atoms with van der Waals surface area (Å²) < 4.78 is 10.1. The molecule has 29 heavy (non-hydrogen) atoms. The van der Waals surface area contributed by atoms with Crippen LogP contribution in [0.2, 0.25) is 0 Å². The van der Waals surface area contributed by atoms with Crippen molar-refractivity contribution in [2.45, 2.75) is 72.2 Å². The minimum absolute atomic E-state index is 0.188. The average Bonchev–Trinajstić information content (AvgIpc) is 2.58. The Morgan fingerprint density at radius 1 is 0.862 bits per heavy atom. The van der Waals surface area contributed by atoms with E-state index >= 15 is 0 Å². The second kappa shape index (κ2) is 14.1. The highest BCUT2D eigenvalue weighted by atomic mass is 16.6. The number of hydroxylamine groups is 2. The Bertz CT molecular complexity index is 579. The molecule has 0 saturated heterocycles. The van der Waals surface area contributed by atoms with Crippen molar-refractivity contribution < 1.29 is 29.1 Å². The molecule has 0 aliphatic heterocycles. The monoisotopic (exact) mass is 412 g/mol. The van der Waals surface area contributed by atoms with Crippen molar-refractivity contribution in [2.75, 3.05) is 13.1 Å². The first kappa shape index (κ1) is 27.0. The van der Waals surface area contributed by atoms with Gasteiger partial charge in [-0.1, -0.05) is 30.3 Å². The second-order valence-electron chi connectivity index (χ2n) is 8.25. The predicted octanol–water partition coefficient (Wildman–Crippen LogP) is 3.14. The summed E-state index contributed by atoms with van der Waals surface area (Å²) in [7, 11) is 0. The zero-order chi connectivity index (χ0) is 22.3. The minimum Gasteiger partial charge on any atom is -0.460 e. The van der Waals surface area contributed by atoms with Crippen molar-refractivity contribution in [3.63, 3.8) is 0 Å². The summed E-state index contributed by atoms with van der Waals surface area (Å²) in [6.07, 6.45) is 0.486. The lowest BCUT2D eigenvalue weighted by Gasteiger charge is -2.19. The normalized spacial score (nSPS) is 11.3. The number of esters is 2. The Balaban J connectivity index is 0.000000614. The summed E-state index contributed by atoms with van der Waals surface area (Å²) in [5.41, 5.74) is 4.85. The number of hydrogen-bond donors (Lipinski definition) is 3. The maximum absolute atomic E-state index is 11.4. The van der Waals surface area contributed by atoms with E-state index in [1.165, 1.54) is 0 Å². The smallest absolute Gasteiger partial charge is 0.307 e. The molecule has 0 aliphatic rings. The summed E-state index contributed by atoms with van der Waals surface area (Å²) in [6, 6.07) is 9.84. The fourth-order valence-corrected chi connectivity index (χ4v) is 1.88. The maximum atomic E-state index is 11.4. The van der Waals surface area contributed by atoms with Crippen LogP contribution in [0.5, 0.6) is 0 Å². The van der Waals surface area contributed by atoms with Crippen molar-refractivity contribution >= 4 is 11.9 Å². The summed E-state index contributed by atoms with van der Waals surface area (Å²) in [5, 5.41) is 8.16. The molecule has 1 aromatic rings. The van der Waals surface area contributed by atoms with E-state index in [9.17, 15) is 9.59 Å². The molecule has 8 nitrogen and oxygen atoms in total. The SMILES string of the molecule is CC(C)(C)OC(=O)CCNO.CC(C)(C)OC(=O)CCNOCc1ccccc1. The third-order valence-corrected chi connectivity index (χ3v) is 2.90. The van der Waals surface area contributed by atoms with Crippen LogP contribution in [0.15, 0.2) is 30.3 Å². The van der Waals surface area contributed by atoms with Crippen LogP contribution in [0.25, 0.3) is 0 Å². The average molecular weight is 413 g/mol. The number of benzene rings is 1. The third-order valence-electron chi connectivity index (χ3n) is 2.90. The number of nitrogens with one attached hydrogen (secondary N) is 2. The van der Waals surface area contributed by atoms with E-state index in [0.29, 0.717) is 19.6 Å². The highest BCUT2D eigenvalue weighted by Crippen LogP contribution is 2.08. The number of carbonyl (C=O) groups is 2. The van der Waals surface area contributed by atoms with Crippen LogP contribution in [0.3, 0.4) is 0 Å². The Kier molecular flexibility index (Phi) is 13.1. The molecule has 0 amide bonds. The molecule has 0 heterocycles. The number of carbonyl (C=O) groups excluding carboxylic acids is 2. The molecule has 0 aromatic heterocycles. The molecule has 0 atom stereocenters. The summed E-state index contributed by atoms with van der Waals surface area (Å²) >= 11 is 0. The van der Waals surface area contributed by atoms with Crippen molar-refractivity contribution in [3.05, 3.63) is 35.9 Å². The first-order valence-electron chi connectivity index (χ1n) is 9.62. The van der Waals surface area contributed by atoms with Crippen LogP contribution < -0.4 is 11.0 Å². The first-order chi connectivity index (χ1) is 13.4. The molecule has 0 saturated carbocycles. The predicted molar refractivity (Wildman–Crippen MR) is 110 cm³/mol. The van der Waals surface area contributed by atoms with Crippen molar-refractivity contribution in [1.29, 1.82) is 0 Å². The van der Waals surface area contributed by atoms with E-state index in [-0.39, 0.29) is 24.9 Å². The van der Waals surface area contributed by atoms with Gasteiger partial charge in [0.2, 0.25) is 0 Å². The lowest BCUT2D eigenvalue weighted by atomic mass is 10.2. The van der Waals surface area contributed by atoms with Gasteiger partial charge < -0.3 is 14.7 Å². The maximum Gasteiger partial charge on any atom is 0.307 e. The molecule has 1 aromatic carbocycles. The zero-order valence-electron chi connectivity index (χ0n) is 18.4. The highest BCUT2D eigenvalue weighted by Gasteiger charge is 2.16. The van der Waals surface area contributed by atoms with Gasteiger partial charge in [-0.25, -0.2) is 11.0 Å². The fraction of sp³-hybridized carbons (Fsp3) is 0.619. The zero-order valence-corrected chi connectivity index (χ0v) is 18.4. The lowest BCUT2D eigenvalue weighted by molar-refractivity contribution is -0.156. The van der Waals surface area contributed by atoms with Crippen LogP contribution in [0, 0.1) is 0 Å². The van der Waals surface area contributed by atoms with Gasteiger partial charge in [-0.05, 0) is 47.1 Å². The Labute approximate surface area is 173 Å². The molecule has 0 aliphatic carbocycles. The quantitative estimate of drug-likeness (QED) is 0.323. The molecular weight excluding hydrogens is 376 g/mol. The van der Waals surface area contributed by atoms with Gasteiger partial charge in [0, 0.05) is 13.1 Å². The Hall–Kier alpha value is -2.00. The minimum atomic E-state index is -0.438. The van der Waals surface area contributed by atoms with Gasteiger partial charge in [0.1, 0.15) is 11.2 Å². The molecule has 3 N–H and O–H groups in total. The van der Waals surface area contributed by atoms with Gasteiger partial charge in [0.15, 0.2) is 0 Å². The standard InChI is InChI=1S/C14H21NO3.C7H15NO3/c1-14(2,3)18-13(16)9-10-15-17-11-12-7-5-4-6-8-12;1-7(2,3)11-6(9)4-5-8-10/h4-8,15H,9-11H2,1-3H3;8,10H,4-5H2,1-3H3. The molecular formula is C21H36N2O6. The van der Waals surface area contributed by atoms with Gasteiger partial charge in [-0.15, -0.1) is 0 Å². The molecule has 0 fully saturated rings. The molecule has 8 heteroatoms. The molecule has 0 unspecified atom stereocenters. The van der Waals surface area contributed by atoms with Crippen LogP contribution in [-0.2, 0) is 30.5 Å². The molecule has 166 valence electrons. The van der Waals surface area contributed by atoms with Crippen LogP contribution in [-0.4, -0.2) is 41.4 Å². The number of ether oxygens (including phenoxy) is 2. The van der Waals surface area contributed by atoms with Gasteiger partial charge in [-0.2, -0.15) is 0 Å². The Morgan fingerprint density at radius 3 is 1.79 bits per heavy atom. The van der Waals surface area contributed by atoms with Crippen molar-refractivity contribution in [2.24, 2.45) is 0 Å². The van der Waals surface area contributed by atoms with E-state index in [0.717, 1.165) is 5.56 Å². The van der Waals surface area contributed by atoms with Crippen molar-refractivity contribution in [1.82, 2.24) is 11.0 Å². The number of rotatable bonds is 9. The fourth-order valence-electron chi connectivity index (χ4n) is 1.88. The van der Waals surface area contributed by atoms with E-state index in [1.807, 2.05) is 56.6 Å². The largest absolute Gasteiger partial charge is 0.460 e. The highest BCUT2D eigenvalue weighted by molar-refractivity contribution is 5.70. The van der Waals surface area contributed by atoms with Crippen LogP contribution in [0.4, 0.5) is 0 Å². The third kappa shape index (κ3) is 19.1. The molecule has 1 rings (SSSR count). The van der Waals surface area contributed by atoms with Crippen LogP contribution >= 0.6 is 0 Å². The second-order valence-corrected chi connectivity index (χ2v) is 8.25. The molecule has 0 bridgehead atoms. The van der Waals surface area contributed by atoms with E-state index in [4.69, 9.17) is 19.5 Å². The van der Waals surface area contributed by atoms with E-state index < -0.39 is 11.2 Å². The van der Waals surface area contributed by atoms with Gasteiger partial charge in [-0.3, -0.25) is 14.4 Å². The van der Waals surface area contributed by atoms with Gasteiger partial charge in [0.05, 0.1) is 19.4 Å².